The molecule has 25 heavy (non-hydrogen) atoms. The van der Waals surface area contributed by atoms with Crippen LogP contribution >= 0.6 is 0 Å². The maximum atomic E-state index is 14.0. The van der Waals surface area contributed by atoms with Gasteiger partial charge in [0, 0.05) is 51.5 Å². The van der Waals surface area contributed by atoms with Crippen LogP contribution in [0.4, 0.5) is 10.2 Å². The molecule has 3 rings (SSSR count). The predicted molar refractivity (Wildman–Crippen MR) is 90.7 cm³/mol. The Bertz CT molecular complexity index is 732. The second-order valence-electron chi connectivity index (χ2n) is 6.44. The number of hydrogen-bond acceptors (Lipinski definition) is 6. The summed E-state index contributed by atoms with van der Waals surface area (Å²) in [5.41, 5.74) is 6.36. The van der Waals surface area contributed by atoms with Gasteiger partial charge in [-0.1, -0.05) is 0 Å². The van der Waals surface area contributed by atoms with Crippen molar-refractivity contribution >= 4 is 11.7 Å². The van der Waals surface area contributed by atoms with Crippen LogP contribution in [0.2, 0.25) is 0 Å². The Kier molecular flexibility index (Phi) is 4.93. The van der Waals surface area contributed by atoms with Gasteiger partial charge in [0.15, 0.2) is 0 Å². The normalized spacial score (nSPS) is 20.8. The van der Waals surface area contributed by atoms with Gasteiger partial charge >= 0.3 is 0 Å². The summed E-state index contributed by atoms with van der Waals surface area (Å²) in [6.07, 6.45) is 6.26. The van der Waals surface area contributed by atoms with Gasteiger partial charge in [-0.05, 0) is 6.42 Å². The first-order valence-electron chi connectivity index (χ1n) is 8.11. The molecule has 8 nitrogen and oxygen atoms in total. The number of amides is 1. The fraction of sp³-hybridized carbons (Fsp3) is 0.500. The van der Waals surface area contributed by atoms with Crippen molar-refractivity contribution in [3.8, 4) is 0 Å². The third kappa shape index (κ3) is 4.11. The van der Waals surface area contributed by atoms with Crippen molar-refractivity contribution in [2.45, 2.75) is 25.2 Å². The number of aromatic nitrogens is 4. The van der Waals surface area contributed by atoms with Crippen molar-refractivity contribution in [2.75, 3.05) is 25.0 Å². The third-order valence-corrected chi connectivity index (χ3v) is 4.39. The van der Waals surface area contributed by atoms with Crippen LogP contribution in [-0.2, 0) is 13.6 Å². The highest BCUT2D eigenvalue weighted by molar-refractivity contribution is 5.90. The molecule has 1 amide bonds. The van der Waals surface area contributed by atoms with Gasteiger partial charge in [-0.15, -0.1) is 0 Å². The number of halogens is 1. The summed E-state index contributed by atoms with van der Waals surface area (Å²) in [5, 5.41) is 4.16. The van der Waals surface area contributed by atoms with Crippen molar-refractivity contribution in [3.63, 3.8) is 0 Å². The van der Waals surface area contributed by atoms with Crippen LogP contribution in [0, 0.1) is 0 Å². The van der Waals surface area contributed by atoms with Crippen LogP contribution in [0.15, 0.2) is 24.8 Å². The average molecular weight is 347 g/mol. The lowest BCUT2D eigenvalue weighted by Gasteiger charge is -2.28. The third-order valence-electron chi connectivity index (χ3n) is 4.39. The summed E-state index contributed by atoms with van der Waals surface area (Å²) in [6.45, 7) is 1.70. The minimum absolute atomic E-state index is 0.0674. The minimum Gasteiger partial charge on any atom is -0.364 e. The molecule has 2 aromatic heterocycles. The quantitative estimate of drug-likeness (QED) is 0.811. The fourth-order valence-corrected chi connectivity index (χ4v) is 3.15. The van der Waals surface area contributed by atoms with Gasteiger partial charge in [0.05, 0.1) is 18.6 Å². The SMILES string of the molecule is CN(C[C@@H]1C[C@H](F)CN1Cc1cnn(C)c1)c1cnc(C(N)=O)cn1. The summed E-state index contributed by atoms with van der Waals surface area (Å²) < 4.78 is 15.7. The molecule has 134 valence electrons. The number of likely N-dealkylation sites (tertiary alicyclic amines) is 1. The van der Waals surface area contributed by atoms with E-state index in [1.54, 1.807) is 10.9 Å². The van der Waals surface area contributed by atoms with Crippen LogP contribution in [0.5, 0.6) is 0 Å². The summed E-state index contributed by atoms with van der Waals surface area (Å²) >= 11 is 0. The Balaban J connectivity index is 1.65. The lowest BCUT2D eigenvalue weighted by atomic mass is 10.2. The highest BCUT2D eigenvalue weighted by atomic mass is 19.1. The number of anilines is 1. The van der Waals surface area contributed by atoms with Crippen LogP contribution in [0.25, 0.3) is 0 Å². The lowest BCUT2D eigenvalue weighted by molar-refractivity contribution is 0.0995. The van der Waals surface area contributed by atoms with Gasteiger partial charge in [-0.3, -0.25) is 14.4 Å². The molecule has 1 saturated heterocycles. The van der Waals surface area contributed by atoms with Gasteiger partial charge < -0.3 is 10.6 Å². The topological polar surface area (TPSA) is 93.2 Å². The molecule has 0 spiro atoms. The maximum Gasteiger partial charge on any atom is 0.268 e. The molecule has 2 N–H and O–H groups in total. The zero-order chi connectivity index (χ0) is 18.0. The Morgan fingerprint density at radius 1 is 1.40 bits per heavy atom. The van der Waals surface area contributed by atoms with Gasteiger partial charge in [-0.25, -0.2) is 14.4 Å². The van der Waals surface area contributed by atoms with Gasteiger partial charge in [-0.2, -0.15) is 5.10 Å². The maximum absolute atomic E-state index is 14.0. The number of aryl methyl sites for hydroxylation is 1. The smallest absolute Gasteiger partial charge is 0.268 e. The van der Waals surface area contributed by atoms with E-state index < -0.39 is 12.1 Å². The first kappa shape index (κ1) is 17.3. The molecular formula is C16H22FN7O. The molecule has 0 aromatic carbocycles. The highest BCUT2D eigenvalue weighted by Gasteiger charge is 2.33. The highest BCUT2D eigenvalue weighted by Crippen LogP contribution is 2.24. The number of carbonyl (C=O) groups is 1. The van der Waals surface area contributed by atoms with E-state index in [0.717, 1.165) is 5.56 Å². The van der Waals surface area contributed by atoms with E-state index in [1.165, 1.54) is 12.4 Å². The van der Waals surface area contributed by atoms with Crippen molar-refractivity contribution in [2.24, 2.45) is 12.8 Å². The molecule has 0 bridgehead atoms. The Morgan fingerprint density at radius 3 is 2.80 bits per heavy atom. The molecule has 2 aromatic rings. The van der Waals surface area contributed by atoms with Crippen molar-refractivity contribution in [1.29, 1.82) is 0 Å². The summed E-state index contributed by atoms with van der Waals surface area (Å²) in [6, 6.07) is 0.0674. The average Bonchev–Trinajstić information content (AvgIpc) is 3.13. The zero-order valence-electron chi connectivity index (χ0n) is 14.3. The van der Waals surface area contributed by atoms with Gasteiger partial charge in [0.25, 0.3) is 5.91 Å². The number of hydrogen-bond donors (Lipinski definition) is 1. The summed E-state index contributed by atoms with van der Waals surface area (Å²) in [5.74, 6) is 0.00838. The molecular weight excluding hydrogens is 325 g/mol. The lowest BCUT2D eigenvalue weighted by Crippen LogP contribution is -2.38. The number of primary amides is 1. The Labute approximate surface area is 145 Å². The second kappa shape index (κ2) is 7.14. The van der Waals surface area contributed by atoms with E-state index in [2.05, 4.69) is 20.0 Å². The van der Waals surface area contributed by atoms with Crippen LogP contribution < -0.4 is 10.6 Å². The molecule has 0 unspecified atom stereocenters. The first-order valence-corrected chi connectivity index (χ1v) is 8.11. The molecule has 3 heterocycles. The molecule has 0 radical (unpaired) electrons. The van der Waals surface area contributed by atoms with E-state index >= 15 is 0 Å². The number of rotatable bonds is 6. The zero-order valence-corrected chi connectivity index (χ0v) is 14.3. The number of nitrogens with zero attached hydrogens (tertiary/aromatic N) is 6. The molecule has 1 aliphatic rings. The summed E-state index contributed by atoms with van der Waals surface area (Å²) in [7, 11) is 3.74. The molecule has 0 saturated carbocycles. The molecule has 0 aliphatic carbocycles. The van der Waals surface area contributed by atoms with Gasteiger partial charge in [0.1, 0.15) is 17.7 Å². The Morgan fingerprint density at radius 2 is 2.20 bits per heavy atom. The first-order chi connectivity index (χ1) is 11.9. The van der Waals surface area contributed by atoms with Crippen LogP contribution in [-0.4, -0.2) is 62.9 Å². The van der Waals surface area contributed by atoms with E-state index in [-0.39, 0.29) is 11.7 Å². The number of carbonyl (C=O) groups excluding carboxylic acids is 1. The van der Waals surface area contributed by atoms with E-state index in [1.807, 2.05) is 25.2 Å². The molecule has 1 aliphatic heterocycles. The summed E-state index contributed by atoms with van der Waals surface area (Å²) in [4.78, 5) is 23.3. The second-order valence-corrected chi connectivity index (χ2v) is 6.44. The molecule has 9 heteroatoms. The van der Waals surface area contributed by atoms with E-state index in [4.69, 9.17) is 5.73 Å². The monoisotopic (exact) mass is 347 g/mol. The number of likely N-dealkylation sites (N-methyl/N-ethyl adjacent to an activating group) is 1. The molecule has 2 atom stereocenters. The van der Waals surface area contributed by atoms with Crippen LogP contribution in [0.1, 0.15) is 22.5 Å². The van der Waals surface area contributed by atoms with Crippen molar-refractivity contribution in [1.82, 2.24) is 24.6 Å². The molecule has 1 fully saturated rings. The van der Waals surface area contributed by atoms with Gasteiger partial charge in [0.2, 0.25) is 0 Å². The number of nitrogens with two attached hydrogens (primary N) is 1. The van der Waals surface area contributed by atoms with E-state index in [0.29, 0.717) is 31.9 Å². The minimum atomic E-state index is -0.835. The van der Waals surface area contributed by atoms with Crippen molar-refractivity contribution in [3.05, 3.63) is 36.0 Å². The Hall–Kier alpha value is -2.55. The number of alkyl halides is 1. The predicted octanol–water partition coefficient (Wildman–Crippen LogP) is 0.358. The van der Waals surface area contributed by atoms with E-state index in [9.17, 15) is 9.18 Å². The fourth-order valence-electron chi connectivity index (χ4n) is 3.15. The largest absolute Gasteiger partial charge is 0.364 e. The van der Waals surface area contributed by atoms with Crippen LogP contribution in [0.3, 0.4) is 0 Å². The standard InChI is InChI=1S/C16H22FN7O/c1-22(15-6-19-14(5-20-15)16(18)25)10-13-3-12(17)9-24(13)8-11-4-21-23(2)7-11/h4-7,12-13H,3,8-10H2,1-2H3,(H2,18,25)/t12-,13-/m0/s1. The van der Waals surface area contributed by atoms with Crippen molar-refractivity contribution < 1.29 is 9.18 Å².